The summed E-state index contributed by atoms with van der Waals surface area (Å²) in [5.74, 6) is 1.16. The van der Waals surface area contributed by atoms with Gasteiger partial charge >= 0.3 is 0 Å². The molecule has 1 aromatic carbocycles. The fourth-order valence-corrected chi connectivity index (χ4v) is 3.38. The molecule has 1 aliphatic carbocycles. The number of nitrogens with zero attached hydrogens (tertiary/aromatic N) is 2. The van der Waals surface area contributed by atoms with Crippen molar-refractivity contribution < 1.29 is 0 Å². The highest BCUT2D eigenvalue weighted by atomic mass is 15.3. The quantitative estimate of drug-likeness (QED) is 0.791. The maximum Gasteiger partial charge on any atom is 0.135 e. The molecule has 2 heteroatoms. The van der Waals surface area contributed by atoms with E-state index in [-0.39, 0.29) is 0 Å². The van der Waals surface area contributed by atoms with Crippen LogP contribution in [0.1, 0.15) is 24.8 Å². The number of hydrogen-bond acceptors (Lipinski definition) is 2. The highest BCUT2D eigenvalue weighted by molar-refractivity contribution is 6.04. The average molecular weight is 262 g/mol. The summed E-state index contributed by atoms with van der Waals surface area (Å²) >= 11 is 0. The lowest BCUT2D eigenvalue weighted by molar-refractivity contribution is 0.413. The van der Waals surface area contributed by atoms with Crippen LogP contribution in [0.2, 0.25) is 0 Å². The molecule has 0 saturated heterocycles. The van der Waals surface area contributed by atoms with Crippen molar-refractivity contribution in [2.75, 3.05) is 0 Å². The van der Waals surface area contributed by atoms with E-state index in [1.54, 1.807) is 0 Å². The van der Waals surface area contributed by atoms with Crippen molar-refractivity contribution in [3.8, 4) is 0 Å². The summed E-state index contributed by atoms with van der Waals surface area (Å²) in [7, 11) is 0. The standard InChI is InChI=1S/C18H18N2/c1-2-6-14(7-3-1)11-12-15-8-5-13-20-17-10-4-9-16(17)19-18(15)20/h1-3,5-8,11-13,16-17H,4,9-10H2/b12-11-. The normalized spacial score (nSPS) is 27.5. The third-order valence-corrected chi connectivity index (χ3v) is 4.37. The molecule has 1 aromatic rings. The number of benzene rings is 1. The van der Waals surface area contributed by atoms with Crippen LogP contribution in [-0.4, -0.2) is 22.8 Å². The van der Waals surface area contributed by atoms with Gasteiger partial charge in [0, 0.05) is 11.8 Å². The Labute approximate surface area is 119 Å². The molecule has 0 aromatic heterocycles. The number of rotatable bonds is 2. The van der Waals surface area contributed by atoms with Gasteiger partial charge < -0.3 is 4.90 Å². The lowest BCUT2D eigenvalue weighted by atomic mass is 10.1. The number of hydrogen-bond donors (Lipinski definition) is 0. The summed E-state index contributed by atoms with van der Waals surface area (Å²) in [6, 6.07) is 11.6. The number of allylic oxidation sites excluding steroid dienone is 2. The summed E-state index contributed by atoms with van der Waals surface area (Å²) in [5, 5.41) is 0. The molecule has 2 heterocycles. The van der Waals surface area contributed by atoms with E-state index >= 15 is 0 Å². The van der Waals surface area contributed by atoms with Gasteiger partial charge in [0.25, 0.3) is 0 Å². The van der Waals surface area contributed by atoms with Gasteiger partial charge in [-0.3, -0.25) is 4.99 Å². The Morgan fingerprint density at radius 3 is 2.90 bits per heavy atom. The molecule has 2 atom stereocenters. The zero-order chi connectivity index (χ0) is 13.4. The molecule has 1 fully saturated rings. The van der Waals surface area contributed by atoms with Gasteiger partial charge in [-0.15, -0.1) is 0 Å². The van der Waals surface area contributed by atoms with Crippen molar-refractivity contribution in [3.63, 3.8) is 0 Å². The van der Waals surface area contributed by atoms with Crippen molar-refractivity contribution in [2.45, 2.75) is 31.3 Å². The fraction of sp³-hybridized carbons (Fsp3) is 0.278. The molecule has 2 aliphatic heterocycles. The predicted octanol–water partition coefficient (Wildman–Crippen LogP) is 3.79. The maximum atomic E-state index is 4.94. The van der Waals surface area contributed by atoms with Gasteiger partial charge in [0.05, 0.1) is 12.1 Å². The lowest BCUT2D eigenvalue weighted by Crippen LogP contribution is -2.34. The van der Waals surface area contributed by atoms with Crippen molar-refractivity contribution in [1.29, 1.82) is 0 Å². The summed E-state index contributed by atoms with van der Waals surface area (Å²) in [6.07, 6.45) is 14.7. The minimum absolute atomic E-state index is 0.515. The van der Waals surface area contributed by atoms with E-state index in [1.807, 2.05) is 6.07 Å². The van der Waals surface area contributed by atoms with Crippen LogP contribution >= 0.6 is 0 Å². The van der Waals surface area contributed by atoms with Crippen LogP contribution in [0, 0.1) is 0 Å². The van der Waals surface area contributed by atoms with Crippen LogP contribution < -0.4 is 0 Å². The largest absolute Gasteiger partial charge is 0.328 e. The van der Waals surface area contributed by atoms with Crippen molar-refractivity contribution in [3.05, 3.63) is 65.9 Å². The molecular weight excluding hydrogens is 244 g/mol. The molecule has 0 spiro atoms. The fourth-order valence-electron chi connectivity index (χ4n) is 3.38. The first-order valence-electron chi connectivity index (χ1n) is 7.40. The van der Waals surface area contributed by atoms with Crippen LogP contribution in [0.3, 0.4) is 0 Å². The monoisotopic (exact) mass is 262 g/mol. The Balaban J connectivity index is 1.61. The molecule has 3 aliphatic rings. The van der Waals surface area contributed by atoms with Gasteiger partial charge in [-0.1, -0.05) is 42.5 Å². The van der Waals surface area contributed by atoms with Gasteiger partial charge in [-0.05, 0) is 37.0 Å². The van der Waals surface area contributed by atoms with Crippen LogP contribution in [0.5, 0.6) is 0 Å². The Morgan fingerprint density at radius 2 is 2.00 bits per heavy atom. The molecule has 2 unspecified atom stereocenters. The second kappa shape index (κ2) is 4.78. The van der Waals surface area contributed by atoms with E-state index in [0.717, 1.165) is 5.84 Å². The minimum atomic E-state index is 0.515. The molecule has 1 saturated carbocycles. The van der Waals surface area contributed by atoms with Crippen LogP contribution in [0.15, 0.2) is 65.3 Å². The molecule has 0 bridgehead atoms. The topological polar surface area (TPSA) is 15.6 Å². The zero-order valence-electron chi connectivity index (χ0n) is 11.4. The van der Waals surface area contributed by atoms with Gasteiger partial charge in [-0.25, -0.2) is 0 Å². The molecule has 20 heavy (non-hydrogen) atoms. The highest BCUT2D eigenvalue weighted by Gasteiger charge is 2.39. The van der Waals surface area contributed by atoms with Gasteiger partial charge in [0.15, 0.2) is 0 Å². The molecule has 2 nitrogen and oxygen atoms in total. The van der Waals surface area contributed by atoms with Crippen molar-refractivity contribution in [1.82, 2.24) is 4.90 Å². The van der Waals surface area contributed by atoms with E-state index in [0.29, 0.717) is 12.1 Å². The lowest BCUT2D eigenvalue weighted by Gasteiger charge is -2.25. The Kier molecular flexibility index (Phi) is 2.80. The summed E-state index contributed by atoms with van der Waals surface area (Å²) in [4.78, 5) is 7.31. The smallest absolute Gasteiger partial charge is 0.135 e. The van der Waals surface area contributed by atoms with E-state index in [9.17, 15) is 0 Å². The Morgan fingerprint density at radius 1 is 1.10 bits per heavy atom. The van der Waals surface area contributed by atoms with E-state index in [2.05, 4.69) is 59.7 Å². The van der Waals surface area contributed by atoms with E-state index < -0.39 is 0 Å². The first kappa shape index (κ1) is 11.7. The van der Waals surface area contributed by atoms with E-state index in [1.165, 1.54) is 30.4 Å². The molecule has 4 rings (SSSR count). The zero-order valence-corrected chi connectivity index (χ0v) is 11.4. The number of amidine groups is 1. The predicted molar refractivity (Wildman–Crippen MR) is 83.4 cm³/mol. The molecule has 100 valence electrons. The number of aliphatic imine (C=N–C) groups is 1. The second-order valence-electron chi connectivity index (χ2n) is 5.63. The van der Waals surface area contributed by atoms with Gasteiger partial charge in [-0.2, -0.15) is 0 Å². The van der Waals surface area contributed by atoms with E-state index in [4.69, 9.17) is 4.99 Å². The van der Waals surface area contributed by atoms with Crippen molar-refractivity contribution in [2.24, 2.45) is 4.99 Å². The summed E-state index contributed by atoms with van der Waals surface area (Å²) in [6.45, 7) is 0. The van der Waals surface area contributed by atoms with Crippen LogP contribution in [0.25, 0.3) is 6.08 Å². The number of fused-ring (bicyclic) bond motifs is 3. The second-order valence-corrected chi connectivity index (χ2v) is 5.63. The first-order chi connectivity index (χ1) is 9.92. The average Bonchev–Trinajstić information content (AvgIpc) is 3.07. The molecule has 0 amide bonds. The van der Waals surface area contributed by atoms with Crippen LogP contribution in [-0.2, 0) is 0 Å². The first-order valence-corrected chi connectivity index (χ1v) is 7.40. The highest BCUT2D eigenvalue weighted by Crippen LogP contribution is 2.35. The van der Waals surface area contributed by atoms with Crippen LogP contribution in [0.4, 0.5) is 0 Å². The van der Waals surface area contributed by atoms with Gasteiger partial charge in [0.1, 0.15) is 5.84 Å². The summed E-state index contributed by atoms with van der Waals surface area (Å²) in [5.41, 5.74) is 2.46. The Bertz CT molecular complexity index is 622. The third kappa shape index (κ3) is 1.92. The third-order valence-electron chi connectivity index (χ3n) is 4.37. The molecule has 0 N–H and O–H groups in total. The molecule has 0 radical (unpaired) electrons. The van der Waals surface area contributed by atoms with Crippen molar-refractivity contribution >= 4 is 11.9 Å². The summed E-state index contributed by atoms with van der Waals surface area (Å²) < 4.78 is 0. The Hall–Kier alpha value is -2.09. The SMILES string of the molecule is C1=CN2C(=NC3CCCC32)C(/C=C\c2ccccc2)=C1. The minimum Gasteiger partial charge on any atom is -0.328 e. The maximum absolute atomic E-state index is 4.94. The van der Waals surface area contributed by atoms with Gasteiger partial charge in [0.2, 0.25) is 0 Å². The molecular formula is C18H18N2.